The van der Waals surface area contributed by atoms with Crippen LogP contribution in [0, 0.1) is 24.6 Å². The van der Waals surface area contributed by atoms with Crippen LogP contribution < -0.4 is 10.1 Å². The van der Waals surface area contributed by atoms with Crippen molar-refractivity contribution in [1.82, 2.24) is 10.2 Å². The third-order valence-corrected chi connectivity index (χ3v) is 9.82. The molecule has 2 fully saturated rings. The van der Waals surface area contributed by atoms with E-state index < -0.39 is 5.41 Å². The zero-order valence-electron chi connectivity index (χ0n) is 23.0. The van der Waals surface area contributed by atoms with Crippen molar-refractivity contribution in [3.63, 3.8) is 0 Å². The Morgan fingerprint density at radius 1 is 1.24 bits per heavy atom. The van der Waals surface area contributed by atoms with Gasteiger partial charge in [-0.3, -0.25) is 4.79 Å². The van der Waals surface area contributed by atoms with E-state index in [9.17, 15) is 4.79 Å². The lowest BCUT2D eigenvalue weighted by Gasteiger charge is -2.47. The van der Waals surface area contributed by atoms with Gasteiger partial charge < -0.3 is 15.0 Å². The summed E-state index contributed by atoms with van der Waals surface area (Å²) in [7, 11) is 1.68. The van der Waals surface area contributed by atoms with E-state index in [4.69, 9.17) is 4.74 Å². The van der Waals surface area contributed by atoms with E-state index in [0.717, 1.165) is 67.5 Å². The molecule has 2 heterocycles. The lowest BCUT2D eigenvalue weighted by Crippen LogP contribution is -2.55. The molecular weight excluding hydrogens is 463 g/mol. The van der Waals surface area contributed by atoms with E-state index in [1.165, 1.54) is 5.56 Å². The van der Waals surface area contributed by atoms with Crippen molar-refractivity contribution in [2.24, 2.45) is 11.8 Å². The second-order valence-electron chi connectivity index (χ2n) is 11.6. The molecule has 2 aromatic rings. The number of methoxy groups -OCH3 is 1. The number of aryl methyl sites for hydroxylation is 1. The molecule has 1 aliphatic carbocycles. The van der Waals surface area contributed by atoms with Gasteiger partial charge >= 0.3 is 0 Å². The van der Waals surface area contributed by atoms with Crippen LogP contribution in [0.2, 0.25) is 0 Å². The van der Waals surface area contributed by atoms with Crippen LogP contribution in [-0.4, -0.2) is 43.6 Å². The van der Waals surface area contributed by atoms with E-state index in [1.54, 1.807) is 13.2 Å². The minimum Gasteiger partial charge on any atom is -0.496 e. The number of carbonyl (C=O) groups is 1. The van der Waals surface area contributed by atoms with Gasteiger partial charge in [0.15, 0.2) is 0 Å². The maximum atomic E-state index is 15.3. The normalized spacial score (nSPS) is 27.5. The minimum atomic E-state index is -0.419. The number of benzene rings is 2. The highest BCUT2D eigenvalue weighted by Gasteiger charge is 2.54. The Labute approximate surface area is 222 Å². The Morgan fingerprint density at radius 3 is 2.70 bits per heavy atom. The van der Waals surface area contributed by atoms with Crippen LogP contribution in [0.4, 0.5) is 4.39 Å². The van der Waals surface area contributed by atoms with Gasteiger partial charge in [0.1, 0.15) is 11.6 Å². The van der Waals surface area contributed by atoms with Gasteiger partial charge in [0.25, 0.3) is 0 Å². The molecule has 0 saturated carbocycles. The van der Waals surface area contributed by atoms with E-state index >= 15 is 4.39 Å². The Morgan fingerprint density at radius 2 is 2.00 bits per heavy atom. The van der Waals surface area contributed by atoms with Crippen molar-refractivity contribution < 1.29 is 13.9 Å². The molecule has 0 bridgehead atoms. The maximum absolute atomic E-state index is 15.3. The lowest BCUT2D eigenvalue weighted by molar-refractivity contribution is -0.142. The molecule has 2 saturated heterocycles. The third-order valence-electron chi connectivity index (χ3n) is 9.82. The Hall–Kier alpha value is -2.40. The molecule has 3 aliphatic rings. The van der Waals surface area contributed by atoms with Gasteiger partial charge in [-0.05, 0) is 73.6 Å². The fraction of sp³-hybridized carbons (Fsp3) is 0.594. The number of halogens is 1. The summed E-state index contributed by atoms with van der Waals surface area (Å²) in [5.74, 6) is 1.64. The number of rotatable bonds is 6. The van der Waals surface area contributed by atoms with Crippen molar-refractivity contribution in [3.05, 3.63) is 64.5 Å². The Bertz CT molecular complexity index is 1100. The zero-order chi connectivity index (χ0) is 26.2. The summed E-state index contributed by atoms with van der Waals surface area (Å²) in [6.07, 6.45) is 6.64. The van der Waals surface area contributed by atoms with Gasteiger partial charge in [0.05, 0.1) is 13.0 Å². The van der Waals surface area contributed by atoms with Gasteiger partial charge in [-0.25, -0.2) is 4.39 Å². The summed E-state index contributed by atoms with van der Waals surface area (Å²) in [6, 6.07) is 12.7. The first kappa shape index (κ1) is 26.2. The van der Waals surface area contributed by atoms with Crippen molar-refractivity contribution in [2.45, 2.75) is 83.1 Å². The molecule has 4 atom stereocenters. The Balaban J connectivity index is 1.51. The number of hydrogen-bond donors (Lipinski definition) is 1. The smallest absolute Gasteiger partial charge is 0.228 e. The summed E-state index contributed by atoms with van der Waals surface area (Å²) in [5.41, 5.74) is 3.51. The van der Waals surface area contributed by atoms with Gasteiger partial charge in [0, 0.05) is 36.7 Å². The largest absolute Gasteiger partial charge is 0.496 e. The molecule has 1 spiro atoms. The monoisotopic (exact) mass is 506 g/mol. The van der Waals surface area contributed by atoms with E-state index in [-0.39, 0.29) is 23.7 Å². The van der Waals surface area contributed by atoms with E-state index in [2.05, 4.69) is 54.4 Å². The predicted molar refractivity (Wildman–Crippen MR) is 147 cm³/mol. The highest BCUT2D eigenvalue weighted by Crippen LogP contribution is 2.51. The zero-order valence-corrected chi connectivity index (χ0v) is 23.0. The van der Waals surface area contributed by atoms with E-state index in [1.807, 2.05) is 6.92 Å². The van der Waals surface area contributed by atoms with Crippen molar-refractivity contribution in [3.8, 4) is 5.75 Å². The number of ether oxygens (including phenoxy) is 1. The SMILES string of the molecule is CCC(CC)[C@@H]1C[C@H](c2ccccc2)CCN1C(=O)[C@@H]1CNC[C@]12CCCc1c(F)cc(C)c(OC)c12. The van der Waals surface area contributed by atoms with Crippen LogP contribution in [0.15, 0.2) is 36.4 Å². The number of carbonyl (C=O) groups excluding carboxylic acids is 1. The fourth-order valence-corrected chi connectivity index (χ4v) is 7.92. The van der Waals surface area contributed by atoms with Gasteiger partial charge in [-0.1, -0.05) is 57.0 Å². The van der Waals surface area contributed by atoms with Gasteiger partial charge in [-0.2, -0.15) is 0 Å². The molecule has 5 heteroatoms. The van der Waals surface area contributed by atoms with Gasteiger partial charge in [0.2, 0.25) is 5.91 Å². The molecule has 37 heavy (non-hydrogen) atoms. The molecule has 1 N–H and O–H groups in total. The topological polar surface area (TPSA) is 41.6 Å². The first-order valence-corrected chi connectivity index (χ1v) is 14.4. The number of hydrogen-bond acceptors (Lipinski definition) is 3. The first-order chi connectivity index (χ1) is 17.9. The lowest BCUT2D eigenvalue weighted by atomic mass is 9.63. The number of nitrogens with zero attached hydrogens (tertiary/aromatic N) is 1. The molecule has 200 valence electrons. The standard InChI is InChI=1S/C32H43FN2O2/c1-5-22(6-2)28-18-24(23-11-8-7-9-12-23)14-16-35(28)31(36)26-19-34-20-32(26)15-10-13-25-27(33)17-21(3)30(37-4)29(25)32/h7-9,11-12,17,22,24,26,28,34H,5-6,10,13-16,18-20H2,1-4H3/t24-,26+,28+,32-/m1/s1. The van der Waals surface area contributed by atoms with Gasteiger partial charge in [-0.15, -0.1) is 0 Å². The number of piperidine rings is 1. The van der Waals surface area contributed by atoms with Crippen LogP contribution in [-0.2, 0) is 16.6 Å². The highest BCUT2D eigenvalue weighted by atomic mass is 19.1. The average molecular weight is 507 g/mol. The first-order valence-electron chi connectivity index (χ1n) is 14.4. The fourth-order valence-electron chi connectivity index (χ4n) is 7.92. The van der Waals surface area contributed by atoms with Crippen LogP contribution >= 0.6 is 0 Å². The molecular formula is C32H43FN2O2. The van der Waals surface area contributed by atoms with Crippen molar-refractivity contribution in [2.75, 3.05) is 26.7 Å². The molecule has 0 unspecified atom stereocenters. The molecule has 1 amide bonds. The number of amides is 1. The summed E-state index contributed by atoms with van der Waals surface area (Å²) >= 11 is 0. The minimum absolute atomic E-state index is 0.149. The highest BCUT2D eigenvalue weighted by molar-refractivity contribution is 5.83. The molecule has 0 aromatic heterocycles. The molecule has 0 radical (unpaired) electrons. The summed E-state index contributed by atoms with van der Waals surface area (Å²) in [4.78, 5) is 16.8. The van der Waals surface area contributed by atoms with Crippen LogP contribution in [0.5, 0.6) is 5.75 Å². The quantitative estimate of drug-likeness (QED) is 0.511. The van der Waals surface area contributed by atoms with Crippen LogP contribution in [0.25, 0.3) is 0 Å². The Kier molecular flexibility index (Phi) is 7.63. The molecule has 2 aromatic carbocycles. The number of nitrogens with one attached hydrogen (secondary N) is 1. The summed E-state index contributed by atoms with van der Waals surface area (Å²) in [6.45, 7) is 8.57. The van der Waals surface area contributed by atoms with E-state index in [0.29, 0.717) is 31.3 Å². The second-order valence-corrected chi connectivity index (χ2v) is 11.6. The number of likely N-dealkylation sites (tertiary alicyclic amines) is 1. The predicted octanol–water partition coefficient (Wildman–Crippen LogP) is 6.15. The second kappa shape index (κ2) is 10.8. The van der Waals surface area contributed by atoms with Crippen molar-refractivity contribution >= 4 is 5.91 Å². The number of fused-ring (bicyclic) bond motifs is 2. The third kappa shape index (κ3) is 4.47. The molecule has 5 rings (SSSR count). The van der Waals surface area contributed by atoms with Crippen molar-refractivity contribution in [1.29, 1.82) is 0 Å². The summed E-state index contributed by atoms with van der Waals surface area (Å²) in [5, 5.41) is 3.57. The average Bonchev–Trinajstić information content (AvgIpc) is 3.34. The van der Waals surface area contributed by atoms with Crippen LogP contribution in [0.1, 0.15) is 80.5 Å². The molecule has 4 nitrogen and oxygen atoms in total. The summed E-state index contributed by atoms with van der Waals surface area (Å²) < 4.78 is 21.2. The molecule has 2 aliphatic heterocycles. The van der Waals surface area contributed by atoms with Crippen LogP contribution in [0.3, 0.4) is 0 Å². The maximum Gasteiger partial charge on any atom is 0.228 e.